The molecule has 6 heteroatoms. The van der Waals surface area contributed by atoms with E-state index in [0.29, 0.717) is 0 Å². The number of benzene rings is 1. The summed E-state index contributed by atoms with van der Waals surface area (Å²) in [5.74, 6) is 0. The molecule has 1 aromatic carbocycles. The number of nitrogens with one attached hydrogen (secondary N) is 1. The van der Waals surface area contributed by atoms with Gasteiger partial charge in [0, 0.05) is 6.04 Å². The first kappa shape index (κ1) is 11.2. The summed E-state index contributed by atoms with van der Waals surface area (Å²) in [4.78, 5) is 0.0450. The summed E-state index contributed by atoms with van der Waals surface area (Å²) < 4.78 is 26.1. The summed E-state index contributed by atoms with van der Waals surface area (Å²) in [6, 6.07) is 4.62. The lowest BCUT2D eigenvalue weighted by molar-refractivity contribution is 0.581. The van der Waals surface area contributed by atoms with Gasteiger partial charge in [0.15, 0.2) is 0 Å². The lowest BCUT2D eigenvalue weighted by atomic mass is 10.4. The van der Waals surface area contributed by atoms with E-state index in [4.69, 9.17) is 23.2 Å². The molecule has 0 spiro atoms. The fraction of sp³-hybridized carbons (Fsp3) is 0.333. The summed E-state index contributed by atoms with van der Waals surface area (Å²) >= 11 is 11.6. The molecular formula is C9H9Cl2NO2S. The molecule has 0 bridgehead atoms. The molecule has 0 unspecified atom stereocenters. The van der Waals surface area contributed by atoms with Gasteiger partial charge in [-0.05, 0) is 25.0 Å². The molecule has 0 aliphatic heterocycles. The van der Waals surface area contributed by atoms with Crippen LogP contribution in [0.5, 0.6) is 0 Å². The fourth-order valence-corrected chi connectivity index (χ4v) is 3.24. The van der Waals surface area contributed by atoms with Crippen LogP contribution in [0.3, 0.4) is 0 Å². The molecular weight excluding hydrogens is 257 g/mol. The molecule has 15 heavy (non-hydrogen) atoms. The van der Waals surface area contributed by atoms with Gasteiger partial charge < -0.3 is 0 Å². The van der Waals surface area contributed by atoms with Gasteiger partial charge in [0.1, 0.15) is 4.90 Å². The molecule has 1 aliphatic rings. The number of hydrogen-bond donors (Lipinski definition) is 1. The third-order valence-electron chi connectivity index (χ3n) is 2.10. The monoisotopic (exact) mass is 265 g/mol. The summed E-state index contributed by atoms with van der Waals surface area (Å²) in [5, 5.41) is 0.322. The first-order valence-electron chi connectivity index (χ1n) is 4.47. The van der Waals surface area contributed by atoms with Gasteiger partial charge in [-0.2, -0.15) is 0 Å². The lowest BCUT2D eigenvalue weighted by Gasteiger charge is -2.07. The highest BCUT2D eigenvalue weighted by Crippen LogP contribution is 2.30. The molecule has 3 nitrogen and oxygen atoms in total. The zero-order valence-electron chi connectivity index (χ0n) is 7.70. The maximum atomic E-state index is 11.8. The zero-order valence-corrected chi connectivity index (χ0v) is 10.0. The molecule has 1 saturated carbocycles. The minimum Gasteiger partial charge on any atom is -0.208 e. The van der Waals surface area contributed by atoms with E-state index in [9.17, 15) is 8.42 Å². The largest absolute Gasteiger partial charge is 0.242 e. The summed E-state index contributed by atoms with van der Waals surface area (Å²) in [6.45, 7) is 0. The lowest BCUT2D eigenvalue weighted by Crippen LogP contribution is -2.25. The highest BCUT2D eigenvalue weighted by Gasteiger charge is 2.29. The summed E-state index contributed by atoms with van der Waals surface area (Å²) in [6.07, 6.45) is 1.77. The molecule has 1 aromatic rings. The predicted molar refractivity (Wildman–Crippen MR) is 59.8 cm³/mol. The highest BCUT2D eigenvalue weighted by molar-refractivity contribution is 7.89. The van der Waals surface area contributed by atoms with Gasteiger partial charge in [-0.15, -0.1) is 0 Å². The van der Waals surface area contributed by atoms with Crippen molar-refractivity contribution in [3.8, 4) is 0 Å². The molecule has 1 fully saturated rings. The van der Waals surface area contributed by atoms with Crippen molar-refractivity contribution in [2.45, 2.75) is 23.8 Å². The molecule has 0 atom stereocenters. The van der Waals surface area contributed by atoms with Gasteiger partial charge in [0.2, 0.25) is 10.0 Å². The fourth-order valence-electron chi connectivity index (χ4n) is 1.18. The van der Waals surface area contributed by atoms with E-state index in [2.05, 4.69) is 4.72 Å². The van der Waals surface area contributed by atoms with E-state index in [1.54, 1.807) is 12.1 Å². The number of halogens is 2. The van der Waals surface area contributed by atoms with Crippen molar-refractivity contribution in [1.82, 2.24) is 4.72 Å². The van der Waals surface area contributed by atoms with Crippen LogP contribution in [0.2, 0.25) is 10.0 Å². The van der Waals surface area contributed by atoms with Crippen LogP contribution in [0.4, 0.5) is 0 Å². The summed E-state index contributed by atoms with van der Waals surface area (Å²) in [7, 11) is -3.52. The van der Waals surface area contributed by atoms with Crippen molar-refractivity contribution in [3.05, 3.63) is 28.2 Å². The van der Waals surface area contributed by atoms with Gasteiger partial charge in [-0.1, -0.05) is 29.3 Å². The molecule has 0 aromatic heterocycles. The van der Waals surface area contributed by atoms with Crippen molar-refractivity contribution in [2.24, 2.45) is 0 Å². The Hall–Kier alpha value is -0.290. The minimum absolute atomic E-state index is 0.0450. The van der Waals surface area contributed by atoms with Crippen LogP contribution >= 0.6 is 23.2 Å². The minimum atomic E-state index is -3.52. The average molecular weight is 266 g/mol. The van der Waals surface area contributed by atoms with Crippen LogP contribution in [0.25, 0.3) is 0 Å². The Morgan fingerprint density at radius 2 is 1.93 bits per heavy atom. The third kappa shape index (κ3) is 2.45. The number of sulfonamides is 1. The average Bonchev–Trinajstić information content (AvgIpc) is 2.92. The maximum Gasteiger partial charge on any atom is 0.242 e. The van der Waals surface area contributed by atoms with Crippen LogP contribution in [0, 0.1) is 0 Å². The van der Waals surface area contributed by atoms with Crippen molar-refractivity contribution in [1.29, 1.82) is 0 Å². The third-order valence-corrected chi connectivity index (χ3v) is 4.60. The Balaban J connectivity index is 2.39. The molecule has 2 rings (SSSR count). The molecule has 0 heterocycles. The van der Waals surface area contributed by atoms with Gasteiger partial charge >= 0.3 is 0 Å². The van der Waals surface area contributed by atoms with Crippen LogP contribution in [-0.4, -0.2) is 14.5 Å². The van der Waals surface area contributed by atoms with E-state index < -0.39 is 10.0 Å². The van der Waals surface area contributed by atoms with Crippen LogP contribution < -0.4 is 4.72 Å². The van der Waals surface area contributed by atoms with E-state index in [1.807, 2.05) is 0 Å². The smallest absolute Gasteiger partial charge is 0.208 e. The van der Waals surface area contributed by atoms with E-state index in [0.717, 1.165) is 12.8 Å². The second-order valence-corrected chi connectivity index (χ2v) is 5.92. The van der Waals surface area contributed by atoms with Crippen molar-refractivity contribution < 1.29 is 8.42 Å². The quantitative estimate of drug-likeness (QED) is 0.913. The van der Waals surface area contributed by atoms with E-state index in [1.165, 1.54) is 6.07 Å². The second kappa shape index (κ2) is 3.94. The molecule has 82 valence electrons. The standard InChI is InChI=1S/C9H9Cl2NO2S/c10-7-2-1-3-8(9(7)11)15(13,14)12-6-4-5-6/h1-3,6,12H,4-5H2. The Labute approximate surface area is 98.4 Å². The molecule has 1 aliphatic carbocycles. The molecule has 1 N–H and O–H groups in total. The van der Waals surface area contributed by atoms with Crippen LogP contribution in [0.1, 0.15) is 12.8 Å². The second-order valence-electron chi connectivity index (χ2n) is 3.45. The maximum absolute atomic E-state index is 11.8. The Kier molecular flexibility index (Phi) is 2.94. The zero-order chi connectivity index (χ0) is 11.1. The van der Waals surface area contributed by atoms with Crippen molar-refractivity contribution >= 4 is 33.2 Å². The Morgan fingerprint density at radius 3 is 2.53 bits per heavy atom. The van der Waals surface area contributed by atoms with Gasteiger partial charge in [0.25, 0.3) is 0 Å². The van der Waals surface area contributed by atoms with Crippen molar-refractivity contribution in [3.63, 3.8) is 0 Å². The van der Waals surface area contributed by atoms with Gasteiger partial charge in [-0.25, -0.2) is 13.1 Å². The summed E-state index contributed by atoms with van der Waals surface area (Å²) in [5.41, 5.74) is 0. The van der Waals surface area contributed by atoms with Crippen LogP contribution in [0.15, 0.2) is 23.1 Å². The SMILES string of the molecule is O=S(=O)(NC1CC1)c1cccc(Cl)c1Cl. The predicted octanol–water partition coefficient (Wildman–Crippen LogP) is 2.43. The number of hydrogen-bond acceptors (Lipinski definition) is 2. The normalized spacial score (nSPS) is 16.7. The van der Waals surface area contributed by atoms with Crippen LogP contribution in [-0.2, 0) is 10.0 Å². The van der Waals surface area contributed by atoms with Gasteiger partial charge in [-0.3, -0.25) is 0 Å². The molecule has 0 amide bonds. The molecule has 0 saturated heterocycles. The molecule has 0 radical (unpaired) electrons. The Morgan fingerprint density at radius 1 is 1.27 bits per heavy atom. The van der Waals surface area contributed by atoms with Gasteiger partial charge in [0.05, 0.1) is 10.0 Å². The number of rotatable bonds is 3. The van der Waals surface area contributed by atoms with Crippen molar-refractivity contribution in [2.75, 3.05) is 0 Å². The topological polar surface area (TPSA) is 46.2 Å². The Bertz CT molecular complexity index is 483. The first-order chi connectivity index (χ1) is 7.00. The van der Waals surface area contributed by atoms with E-state index in [-0.39, 0.29) is 21.0 Å². The first-order valence-corrected chi connectivity index (χ1v) is 6.71. The highest BCUT2D eigenvalue weighted by atomic mass is 35.5. The van der Waals surface area contributed by atoms with E-state index >= 15 is 0 Å².